The van der Waals surface area contributed by atoms with Crippen LogP contribution < -0.4 is 10.6 Å². The fourth-order valence-electron chi connectivity index (χ4n) is 1.58. The van der Waals surface area contributed by atoms with Gasteiger partial charge in [0.2, 0.25) is 0 Å². The van der Waals surface area contributed by atoms with Gasteiger partial charge in [-0.05, 0) is 13.0 Å². The minimum Gasteiger partial charge on any atom is -0.383 e. The largest absolute Gasteiger partial charge is 0.383 e. The van der Waals surface area contributed by atoms with E-state index >= 15 is 0 Å². The van der Waals surface area contributed by atoms with Crippen LogP contribution in [0.5, 0.6) is 0 Å². The third-order valence-electron chi connectivity index (χ3n) is 2.49. The molecule has 1 rings (SSSR count). The van der Waals surface area contributed by atoms with Crippen molar-refractivity contribution in [2.75, 3.05) is 32.1 Å². The zero-order chi connectivity index (χ0) is 15.1. The molecule has 1 amide bonds. The van der Waals surface area contributed by atoms with E-state index in [0.717, 1.165) is 12.1 Å². The Balaban J connectivity index is 3.10. The molecule has 1 aromatic rings. The van der Waals surface area contributed by atoms with Crippen molar-refractivity contribution in [1.82, 2.24) is 5.32 Å². The number of nitrogens with zero attached hydrogens (tertiary/aromatic N) is 1. The first-order valence-corrected chi connectivity index (χ1v) is 6.00. The molecule has 20 heavy (non-hydrogen) atoms. The van der Waals surface area contributed by atoms with E-state index in [1.807, 2.05) is 0 Å². The lowest BCUT2D eigenvalue weighted by Crippen LogP contribution is -2.27. The first kappa shape index (κ1) is 15.8. The van der Waals surface area contributed by atoms with Gasteiger partial charge in [0.1, 0.15) is 5.56 Å². The summed E-state index contributed by atoms with van der Waals surface area (Å²) in [5.74, 6) is -1.42. The van der Waals surface area contributed by atoms with Crippen molar-refractivity contribution in [2.45, 2.75) is 6.92 Å². The Bertz CT molecular complexity index is 508. The number of hydrogen-bond acceptors (Lipinski definition) is 5. The molecule has 1 aromatic carbocycles. The van der Waals surface area contributed by atoms with Gasteiger partial charge in [-0.3, -0.25) is 14.9 Å². The van der Waals surface area contributed by atoms with Crippen LogP contribution in [0.1, 0.15) is 17.3 Å². The number of anilines is 1. The second kappa shape index (κ2) is 7.39. The van der Waals surface area contributed by atoms with Crippen LogP contribution in [0.3, 0.4) is 0 Å². The quantitative estimate of drug-likeness (QED) is 0.450. The summed E-state index contributed by atoms with van der Waals surface area (Å²) >= 11 is 0. The standard InChI is InChI=1S/C12H16FN3O4/c1-3-14-10-6-8(12(17)15-4-5-20-2)11(16(18)19)7-9(10)13/h6-7,14H,3-5H2,1-2H3,(H,15,17). The molecule has 0 aliphatic rings. The fraction of sp³-hybridized carbons (Fsp3) is 0.417. The monoisotopic (exact) mass is 285 g/mol. The molecule has 0 radical (unpaired) electrons. The van der Waals surface area contributed by atoms with Gasteiger partial charge >= 0.3 is 0 Å². The summed E-state index contributed by atoms with van der Waals surface area (Å²) in [6, 6.07) is 1.88. The maximum Gasteiger partial charge on any atom is 0.285 e. The van der Waals surface area contributed by atoms with E-state index in [1.165, 1.54) is 7.11 Å². The maximum absolute atomic E-state index is 13.6. The van der Waals surface area contributed by atoms with Crippen LogP contribution in [0.2, 0.25) is 0 Å². The van der Waals surface area contributed by atoms with E-state index in [4.69, 9.17) is 4.74 Å². The number of rotatable bonds is 7. The number of nitro benzene ring substituents is 1. The van der Waals surface area contributed by atoms with Crippen LogP contribution in [0, 0.1) is 15.9 Å². The van der Waals surface area contributed by atoms with Gasteiger partial charge in [-0.2, -0.15) is 0 Å². The molecule has 8 heteroatoms. The van der Waals surface area contributed by atoms with Gasteiger partial charge in [0.15, 0.2) is 5.82 Å². The van der Waals surface area contributed by atoms with Crippen molar-refractivity contribution in [3.8, 4) is 0 Å². The van der Waals surface area contributed by atoms with E-state index in [1.54, 1.807) is 6.92 Å². The predicted octanol–water partition coefficient (Wildman–Crippen LogP) is 1.54. The van der Waals surface area contributed by atoms with Gasteiger partial charge in [-0.15, -0.1) is 0 Å². The van der Waals surface area contributed by atoms with Crippen LogP contribution in [-0.2, 0) is 4.74 Å². The number of ether oxygens (including phenoxy) is 1. The van der Waals surface area contributed by atoms with Gasteiger partial charge in [0, 0.05) is 20.2 Å². The van der Waals surface area contributed by atoms with E-state index < -0.39 is 22.3 Å². The number of halogens is 1. The molecular formula is C12H16FN3O4. The molecule has 0 aliphatic carbocycles. The molecule has 0 unspecified atom stereocenters. The van der Waals surface area contributed by atoms with E-state index in [-0.39, 0.29) is 24.4 Å². The van der Waals surface area contributed by atoms with Crippen LogP contribution in [-0.4, -0.2) is 37.6 Å². The molecule has 2 N–H and O–H groups in total. The Morgan fingerprint density at radius 3 is 2.75 bits per heavy atom. The number of nitrogens with one attached hydrogen (secondary N) is 2. The van der Waals surface area contributed by atoms with Gasteiger partial charge < -0.3 is 15.4 Å². The van der Waals surface area contributed by atoms with Crippen LogP contribution >= 0.6 is 0 Å². The molecule has 0 heterocycles. The number of amides is 1. The Labute approximate surface area is 115 Å². The van der Waals surface area contributed by atoms with Gasteiger partial charge in [0.25, 0.3) is 11.6 Å². The minimum atomic E-state index is -0.788. The van der Waals surface area contributed by atoms with Crippen LogP contribution in [0.15, 0.2) is 12.1 Å². The number of methoxy groups -OCH3 is 1. The molecule has 7 nitrogen and oxygen atoms in total. The summed E-state index contributed by atoms with van der Waals surface area (Å²) in [6.07, 6.45) is 0. The average Bonchev–Trinajstić information content (AvgIpc) is 2.40. The molecule has 0 fully saturated rings. The second-order valence-electron chi connectivity index (χ2n) is 3.89. The average molecular weight is 285 g/mol. The number of nitro groups is 1. The summed E-state index contributed by atoms with van der Waals surface area (Å²) in [5.41, 5.74) is -0.711. The van der Waals surface area contributed by atoms with Crippen molar-refractivity contribution < 1.29 is 18.8 Å². The number of carbonyl (C=O) groups excluding carboxylic acids is 1. The highest BCUT2D eigenvalue weighted by atomic mass is 19.1. The maximum atomic E-state index is 13.6. The lowest BCUT2D eigenvalue weighted by Gasteiger charge is -2.09. The SMILES string of the molecule is CCNc1cc(C(=O)NCCOC)c([N+](=O)[O-])cc1F. The summed E-state index contributed by atoms with van der Waals surface area (Å²) < 4.78 is 18.4. The highest BCUT2D eigenvalue weighted by Crippen LogP contribution is 2.26. The Hall–Kier alpha value is -2.22. The van der Waals surface area contributed by atoms with Gasteiger partial charge in [0.05, 0.1) is 23.3 Å². The van der Waals surface area contributed by atoms with E-state index in [9.17, 15) is 19.3 Å². The van der Waals surface area contributed by atoms with Gasteiger partial charge in [-0.25, -0.2) is 4.39 Å². The van der Waals surface area contributed by atoms with Crippen LogP contribution in [0.25, 0.3) is 0 Å². The molecule has 0 bridgehead atoms. The zero-order valence-electron chi connectivity index (χ0n) is 11.2. The van der Waals surface area contributed by atoms with Gasteiger partial charge in [-0.1, -0.05) is 0 Å². The summed E-state index contributed by atoms with van der Waals surface area (Å²) in [6.45, 7) is 2.67. The fourth-order valence-corrected chi connectivity index (χ4v) is 1.58. The Kier molecular flexibility index (Phi) is 5.85. The second-order valence-corrected chi connectivity index (χ2v) is 3.89. The third kappa shape index (κ3) is 3.89. The Morgan fingerprint density at radius 2 is 2.20 bits per heavy atom. The molecule has 110 valence electrons. The highest BCUT2D eigenvalue weighted by molar-refractivity contribution is 5.99. The van der Waals surface area contributed by atoms with Crippen molar-refractivity contribution in [3.63, 3.8) is 0 Å². The summed E-state index contributed by atoms with van der Waals surface area (Å²) in [5, 5.41) is 16.1. The zero-order valence-corrected chi connectivity index (χ0v) is 11.2. The van der Waals surface area contributed by atoms with E-state index in [2.05, 4.69) is 10.6 Å². The normalized spacial score (nSPS) is 10.2. The number of carbonyl (C=O) groups is 1. The number of benzene rings is 1. The minimum absolute atomic E-state index is 0.0509. The van der Waals surface area contributed by atoms with Crippen molar-refractivity contribution in [2.24, 2.45) is 0 Å². The smallest absolute Gasteiger partial charge is 0.285 e. The summed E-state index contributed by atoms with van der Waals surface area (Å²) in [7, 11) is 1.47. The van der Waals surface area contributed by atoms with Crippen LogP contribution in [0.4, 0.5) is 15.8 Å². The topological polar surface area (TPSA) is 93.5 Å². The van der Waals surface area contributed by atoms with Crippen molar-refractivity contribution >= 4 is 17.3 Å². The third-order valence-corrected chi connectivity index (χ3v) is 2.49. The summed E-state index contributed by atoms with van der Waals surface area (Å²) in [4.78, 5) is 22.0. The van der Waals surface area contributed by atoms with Crippen molar-refractivity contribution in [1.29, 1.82) is 0 Å². The molecule has 0 saturated heterocycles. The molecule has 0 aromatic heterocycles. The lowest BCUT2D eigenvalue weighted by atomic mass is 10.1. The first-order chi connectivity index (χ1) is 9.51. The molecule has 0 aliphatic heterocycles. The van der Waals surface area contributed by atoms with Crippen molar-refractivity contribution in [3.05, 3.63) is 33.6 Å². The highest BCUT2D eigenvalue weighted by Gasteiger charge is 2.23. The Morgan fingerprint density at radius 1 is 1.50 bits per heavy atom. The number of hydrogen-bond donors (Lipinski definition) is 2. The molecule has 0 saturated carbocycles. The lowest BCUT2D eigenvalue weighted by molar-refractivity contribution is -0.385. The molecule has 0 spiro atoms. The first-order valence-electron chi connectivity index (χ1n) is 6.00. The van der Waals surface area contributed by atoms with E-state index in [0.29, 0.717) is 6.54 Å². The predicted molar refractivity (Wildman–Crippen MR) is 71.4 cm³/mol. The molecule has 0 atom stereocenters. The molecular weight excluding hydrogens is 269 g/mol.